The molecular weight excluding hydrogens is 459 g/mol. The van der Waals surface area contributed by atoms with Crippen molar-refractivity contribution in [3.05, 3.63) is 48.9 Å². The predicted molar refractivity (Wildman–Crippen MR) is 148 cm³/mol. The molecule has 6 nitrogen and oxygen atoms in total. The van der Waals surface area contributed by atoms with Crippen molar-refractivity contribution in [2.24, 2.45) is 11.7 Å². The van der Waals surface area contributed by atoms with E-state index in [1.54, 1.807) is 12.2 Å². The molecule has 1 aliphatic rings. The minimum absolute atomic E-state index is 0.272. The maximum absolute atomic E-state index is 12.9. The van der Waals surface area contributed by atoms with Crippen LogP contribution >= 0.6 is 0 Å². The van der Waals surface area contributed by atoms with Crippen LogP contribution in [0.15, 0.2) is 48.9 Å². The van der Waals surface area contributed by atoms with Gasteiger partial charge in [-0.3, -0.25) is 9.59 Å². The van der Waals surface area contributed by atoms with Crippen molar-refractivity contribution in [2.45, 2.75) is 97.7 Å². The van der Waals surface area contributed by atoms with Crippen LogP contribution in [0.25, 0.3) is 0 Å². The smallest absolute Gasteiger partial charge is 0.246 e. The Morgan fingerprint density at radius 3 is 2.53 bits per heavy atom. The topological polar surface area (TPSA) is 92.9 Å². The molecule has 0 aromatic carbocycles. The van der Waals surface area contributed by atoms with Crippen LogP contribution in [0.3, 0.4) is 0 Å². The zero-order chi connectivity index (χ0) is 27.8. The van der Waals surface area contributed by atoms with E-state index in [9.17, 15) is 19.1 Å². The van der Waals surface area contributed by atoms with Crippen molar-refractivity contribution < 1.29 is 23.8 Å². The molecule has 2 unspecified atom stereocenters. The number of hydrogen-bond donors (Lipinski definition) is 2. The molecule has 0 radical (unpaired) electrons. The maximum Gasteiger partial charge on any atom is 0.246 e. The Bertz CT molecular complexity index is 676. The minimum Gasteiger partial charge on any atom is -0.389 e. The van der Waals surface area contributed by atoms with Crippen LogP contribution in [0.4, 0.5) is 4.39 Å². The number of ether oxygens (including phenoxy) is 1. The van der Waals surface area contributed by atoms with Gasteiger partial charge in [-0.15, -0.1) is 0 Å². The van der Waals surface area contributed by atoms with Gasteiger partial charge in [0, 0.05) is 26.6 Å². The molecule has 1 aliphatic heterocycles. The second kappa shape index (κ2) is 24.4. The lowest BCUT2D eigenvalue weighted by atomic mass is 10.1. The average molecular weight is 511 g/mol. The molecule has 2 amide bonds. The molecular formula is C29H51FN2O4. The van der Waals surface area contributed by atoms with Gasteiger partial charge < -0.3 is 20.5 Å². The summed E-state index contributed by atoms with van der Waals surface area (Å²) in [6.45, 7) is 13.3. The Morgan fingerprint density at radius 1 is 1.25 bits per heavy atom. The first-order chi connectivity index (χ1) is 17.2. The highest BCUT2D eigenvalue weighted by molar-refractivity contribution is 5.78. The lowest BCUT2D eigenvalue weighted by Crippen LogP contribution is -2.31. The van der Waals surface area contributed by atoms with Crippen LogP contribution in [0.1, 0.15) is 85.5 Å². The summed E-state index contributed by atoms with van der Waals surface area (Å²) >= 11 is 0. The molecule has 0 aromatic heterocycles. The van der Waals surface area contributed by atoms with Gasteiger partial charge >= 0.3 is 0 Å². The van der Waals surface area contributed by atoms with Gasteiger partial charge in [-0.25, -0.2) is 4.39 Å². The summed E-state index contributed by atoms with van der Waals surface area (Å²) in [6.07, 6.45) is 16.2. The van der Waals surface area contributed by atoms with Gasteiger partial charge in [-0.2, -0.15) is 0 Å². The van der Waals surface area contributed by atoms with Gasteiger partial charge in [0.25, 0.3) is 0 Å². The Morgan fingerprint density at radius 2 is 1.94 bits per heavy atom. The van der Waals surface area contributed by atoms with E-state index in [1.165, 1.54) is 25.3 Å². The first-order valence-corrected chi connectivity index (χ1v) is 13.4. The molecule has 1 fully saturated rings. The van der Waals surface area contributed by atoms with Crippen LogP contribution in [0.2, 0.25) is 0 Å². The van der Waals surface area contributed by atoms with Crippen LogP contribution < -0.4 is 5.73 Å². The molecule has 0 spiro atoms. The summed E-state index contributed by atoms with van der Waals surface area (Å²) in [7, 11) is 1.44. The molecule has 1 heterocycles. The quantitative estimate of drug-likeness (QED) is 0.170. The molecule has 0 aromatic rings. The number of methoxy groups -OCH3 is 1. The summed E-state index contributed by atoms with van der Waals surface area (Å²) in [5, 5.41) is 9.63. The fourth-order valence-corrected chi connectivity index (χ4v) is 3.29. The number of carbonyl (C=O) groups is 2. The lowest BCUT2D eigenvalue weighted by molar-refractivity contribution is -0.130. The second-order valence-corrected chi connectivity index (χ2v) is 8.57. The first kappa shape index (κ1) is 35.9. The third kappa shape index (κ3) is 20.0. The molecule has 7 heteroatoms. The predicted octanol–water partition coefficient (Wildman–Crippen LogP) is 6.02. The van der Waals surface area contributed by atoms with Gasteiger partial charge in [-0.05, 0) is 56.6 Å². The number of nitrogens with two attached hydrogens (primary N) is 1. The Balaban J connectivity index is 0. The van der Waals surface area contributed by atoms with Crippen molar-refractivity contribution in [1.29, 1.82) is 0 Å². The van der Waals surface area contributed by atoms with Crippen molar-refractivity contribution in [3.63, 3.8) is 0 Å². The molecule has 1 rings (SSSR count). The largest absolute Gasteiger partial charge is 0.389 e. The van der Waals surface area contributed by atoms with E-state index < -0.39 is 18.1 Å². The van der Waals surface area contributed by atoms with E-state index in [0.29, 0.717) is 25.2 Å². The van der Waals surface area contributed by atoms with Gasteiger partial charge in [0.2, 0.25) is 11.8 Å². The van der Waals surface area contributed by atoms with Gasteiger partial charge in [-0.1, -0.05) is 71.4 Å². The molecule has 208 valence electrons. The highest BCUT2D eigenvalue weighted by atomic mass is 19.1. The maximum atomic E-state index is 12.9. The third-order valence-corrected chi connectivity index (χ3v) is 5.66. The number of likely N-dealkylation sites (tertiary alicyclic amines) is 1. The molecule has 3 atom stereocenters. The number of nitrogens with zero attached hydrogens (tertiary/aromatic N) is 1. The summed E-state index contributed by atoms with van der Waals surface area (Å²) in [5.41, 5.74) is 5.11. The lowest BCUT2D eigenvalue weighted by Gasteiger charge is -2.19. The Labute approximate surface area is 219 Å². The number of primary amides is 1. The average Bonchev–Trinajstić information content (AvgIpc) is 3.08. The summed E-state index contributed by atoms with van der Waals surface area (Å²) in [5.74, 6) is -0.0327. The fraction of sp³-hybridized carbons (Fsp3) is 0.655. The zero-order valence-corrected chi connectivity index (χ0v) is 23.3. The van der Waals surface area contributed by atoms with Gasteiger partial charge in [0.05, 0.1) is 6.10 Å². The first-order valence-electron chi connectivity index (χ1n) is 13.4. The molecule has 36 heavy (non-hydrogen) atoms. The summed E-state index contributed by atoms with van der Waals surface area (Å²) in [6, 6.07) is 0. The summed E-state index contributed by atoms with van der Waals surface area (Å²) in [4.78, 5) is 24.5. The number of hydrogen-bond acceptors (Lipinski definition) is 4. The summed E-state index contributed by atoms with van der Waals surface area (Å²) < 4.78 is 17.8. The standard InChI is InChI=1S/C15H22FNO.C12H23NO3.C2H6/c1-2-9-14(16)10-5-3-7-12-17-13-8-4-6-11-15(17)18;1-4-9(2)5-6-10(14)7-8-11(16-3)12(13)15;1-2/h2,5,9-10H,1,3-4,6-8,11-13H2;5-6,9-11,14H,4,7-8H2,1-3H3,(H2,13,15);1-2H3/b10-5-,14-9+;6-5+;/t;9?,10-,11?;/m.1./s1. The number of carbonyl (C=O) groups excluding carboxylic acids is 2. The van der Waals surface area contributed by atoms with Crippen molar-refractivity contribution >= 4 is 11.8 Å². The van der Waals surface area contributed by atoms with E-state index in [1.807, 2.05) is 24.8 Å². The normalized spacial score (nSPS) is 16.9. The molecule has 0 aliphatic carbocycles. The third-order valence-electron chi connectivity index (χ3n) is 5.66. The number of rotatable bonds is 14. The number of aliphatic hydroxyl groups excluding tert-OH is 1. The minimum atomic E-state index is -0.605. The highest BCUT2D eigenvalue weighted by Crippen LogP contribution is 2.12. The molecule has 0 saturated carbocycles. The van der Waals surface area contributed by atoms with Crippen molar-refractivity contribution in [2.75, 3.05) is 20.2 Å². The highest BCUT2D eigenvalue weighted by Gasteiger charge is 2.16. The number of unbranched alkanes of at least 4 members (excludes halogenated alkanes) is 1. The molecule has 3 N–H and O–H groups in total. The molecule has 1 saturated heterocycles. The number of amides is 2. The van der Waals surface area contributed by atoms with Crippen molar-refractivity contribution in [1.82, 2.24) is 4.90 Å². The zero-order valence-electron chi connectivity index (χ0n) is 23.3. The van der Waals surface area contributed by atoms with Crippen LogP contribution in [-0.4, -0.2) is 54.2 Å². The van der Waals surface area contributed by atoms with Crippen LogP contribution in [0, 0.1) is 5.92 Å². The number of aliphatic hydroxyl groups is 1. The van der Waals surface area contributed by atoms with E-state index in [0.717, 1.165) is 51.6 Å². The van der Waals surface area contributed by atoms with E-state index in [-0.39, 0.29) is 11.7 Å². The van der Waals surface area contributed by atoms with Crippen LogP contribution in [-0.2, 0) is 14.3 Å². The number of allylic oxidation sites excluding steroid dienone is 6. The SMILES string of the molecule is C=C/C=C(F)\C=C/CCCN1CCCCCC1=O.CC.CCC(C)/C=C/[C@@H](O)CCC(OC)C(N)=O. The van der Waals surface area contributed by atoms with Gasteiger partial charge in [0.1, 0.15) is 11.9 Å². The van der Waals surface area contributed by atoms with Crippen LogP contribution in [0.5, 0.6) is 0 Å². The Hall–Kier alpha value is -2.25. The van der Waals surface area contributed by atoms with E-state index in [2.05, 4.69) is 20.4 Å². The number of halogens is 1. The fourth-order valence-electron chi connectivity index (χ4n) is 3.29. The monoisotopic (exact) mass is 510 g/mol. The van der Waals surface area contributed by atoms with Gasteiger partial charge in [0.15, 0.2) is 0 Å². The van der Waals surface area contributed by atoms with Crippen molar-refractivity contribution in [3.8, 4) is 0 Å². The van der Waals surface area contributed by atoms with E-state index in [4.69, 9.17) is 10.5 Å². The second-order valence-electron chi connectivity index (χ2n) is 8.57. The van der Waals surface area contributed by atoms with E-state index >= 15 is 0 Å². The molecule has 0 bridgehead atoms. The Kier molecular flexibility index (Phi) is 24.4.